The number of likely N-dealkylation sites (N-methyl/N-ethyl adjacent to an activating group) is 1. The van der Waals surface area contributed by atoms with Gasteiger partial charge in [0.1, 0.15) is 18.0 Å². The van der Waals surface area contributed by atoms with Crippen molar-refractivity contribution in [3.63, 3.8) is 0 Å². The Hall–Kier alpha value is -1.50. The molecule has 7 heteroatoms. The molecule has 0 aliphatic carbocycles. The summed E-state index contributed by atoms with van der Waals surface area (Å²) in [4.78, 5) is 26.9. The van der Waals surface area contributed by atoms with E-state index in [1.54, 1.807) is 11.2 Å². The van der Waals surface area contributed by atoms with Crippen LogP contribution >= 0.6 is 11.8 Å². The standard InChI is InChI=1S/C16H25N5OS/c1-12(2)13-9-21(6-7-23-13)15-8-14(17-11-18-15)20-5-4-19(3)16(22)10-20/h8,11-13H,4-7,9-10H2,1-3H3. The first-order valence-electron chi connectivity index (χ1n) is 8.22. The Balaban J connectivity index is 1.73. The van der Waals surface area contributed by atoms with Gasteiger partial charge in [-0.15, -0.1) is 0 Å². The van der Waals surface area contributed by atoms with E-state index in [4.69, 9.17) is 0 Å². The molecule has 1 aromatic rings. The summed E-state index contributed by atoms with van der Waals surface area (Å²) in [6, 6.07) is 2.03. The predicted molar refractivity (Wildman–Crippen MR) is 95.2 cm³/mol. The highest BCUT2D eigenvalue weighted by atomic mass is 32.2. The van der Waals surface area contributed by atoms with Gasteiger partial charge in [-0.1, -0.05) is 13.8 Å². The van der Waals surface area contributed by atoms with E-state index >= 15 is 0 Å². The van der Waals surface area contributed by atoms with Crippen molar-refractivity contribution in [3.8, 4) is 0 Å². The predicted octanol–water partition coefficient (Wildman–Crippen LogP) is 1.33. The van der Waals surface area contributed by atoms with Crippen LogP contribution in [0.3, 0.4) is 0 Å². The topological polar surface area (TPSA) is 52.6 Å². The highest BCUT2D eigenvalue weighted by Gasteiger charge is 2.26. The SMILES string of the molecule is CC(C)C1CN(c2cc(N3CCN(C)C(=O)C3)ncn2)CCS1. The molecule has 0 bridgehead atoms. The zero-order valence-electron chi connectivity index (χ0n) is 14.1. The van der Waals surface area contributed by atoms with E-state index < -0.39 is 0 Å². The van der Waals surface area contributed by atoms with Crippen molar-refractivity contribution in [3.05, 3.63) is 12.4 Å². The summed E-state index contributed by atoms with van der Waals surface area (Å²) < 4.78 is 0. The average Bonchev–Trinajstić information content (AvgIpc) is 2.57. The Morgan fingerprint density at radius 3 is 2.61 bits per heavy atom. The number of carbonyl (C=O) groups is 1. The third-order valence-corrected chi connectivity index (χ3v) is 6.12. The van der Waals surface area contributed by atoms with Crippen LogP contribution in [0, 0.1) is 5.92 Å². The van der Waals surface area contributed by atoms with Crippen molar-refractivity contribution in [2.45, 2.75) is 19.1 Å². The molecule has 2 aliphatic rings. The second-order valence-electron chi connectivity index (χ2n) is 6.57. The minimum atomic E-state index is 0.144. The van der Waals surface area contributed by atoms with Crippen LogP contribution < -0.4 is 9.80 Å². The number of nitrogens with zero attached hydrogens (tertiary/aromatic N) is 5. The van der Waals surface area contributed by atoms with Gasteiger partial charge in [-0.05, 0) is 5.92 Å². The number of aromatic nitrogens is 2. The molecule has 1 unspecified atom stereocenters. The third-order valence-electron chi connectivity index (χ3n) is 4.58. The molecule has 2 aliphatic heterocycles. The molecular weight excluding hydrogens is 310 g/mol. The van der Waals surface area contributed by atoms with Crippen LogP contribution in [0.4, 0.5) is 11.6 Å². The number of hydrogen-bond donors (Lipinski definition) is 0. The van der Waals surface area contributed by atoms with Crippen LogP contribution in [0.2, 0.25) is 0 Å². The van der Waals surface area contributed by atoms with Gasteiger partial charge in [-0.25, -0.2) is 9.97 Å². The molecular formula is C16H25N5OS. The van der Waals surface area contributed by atoms with E-state index in [0.717, 1.165) is 43.6 Å². The van der Waals surface area contributed by atoms with E-state index in [0.29, 0.717) is 17.7 Å². The van der Waals surface area contributed by atoms with Gasteiger partial charge >= 0.3 is 0 Å². The summed E-state index contributed by atoms with van der Waals surface area (Å²) in [5.74, 6) is 3.78. The largest absolute Gasteiger partial charge is 0.355 e. The molecule has 1 amide bonds. The molecule has 0 N–H and O–H groups in total. The Kier molecular flexibility index (Phi) is 4.94. The fourth-order valence-corrected chi connectivity index (χ4v) is 4.22. The van der Waals surface area contributed by atoms with Crippen LogP contribution in [0.1, 0.15) is 13.8 Å². The van der Waals surface area contributed by atoms with Crippen molar-refractivity contribution >= 4 is 29.3 Å². The van der Waals surface area contributed by atoms with Crippen LogP contribution in [-0.2, 0) is 4.79 Å². The van der Waals surface area contributed by atoms with Gasteiger partial charge < -0.3 is 14.7 Å². The highest BCUT2D eigenvalue weighted by Crippen LogP contribution is 2.28. The van der Waals surface area contributed by atoms with E-state index in [1.807, 2.05) is 18.0 Å². The molecule has 6 nitrogen and oxygen atoms in total. The van der Waals surface area contributed by atoms with Crippen LogP contribution in [0.25, 0.3) is 0 Å². The number of hydrogen-bond acceptors (Lipinski definition) is 6. The zero-order chi connectivity index (χ0) is 16.4. The number of carbonyl (C=O) groups excluding carboxylic acids is 1. The second kappa shape index (κ2) is 6.95. The molecule has 3 heterocycles. The fourth-order valence-electron chi connectivity index (χ4n) is 2.92. The maximum absolute atomic E-state index is 11.9. The van der Waals surface area contributed by atoms with Crippen LogP contribution in [0.15, 0.2) is 12.4 Å². The van der Waals surface area contributed by atoms with Gasteiger partial charge in [-0.3, -0.25) is 4.79 Å². The van der Waals surface area contributed by atoms with Crippen molar-refractivity contribution < 1.29 is 4.79 Å². The summed E-state index contributed by atoms with van der Waals surface area (Å²) >= 11 is 2.06. The van der Waals surface area contributed by atoms with Crippen molar-refractivity contribution in [2.24, 2.45) is 5.92 Å². The molecule has 0 aromatic carbocycles. The summed E-state index contributed by atoms with van der Waals surface area (Å²) in [7, 11) is 1.85. The number of piperazine rings is 1. The van der Waals surface area contributed by atoms with E-state index in [2.05, 4.69) is 40.5 Å². The van der Waals surface area contributed by atoms with E-state index in [1.165, 1.54) is 0 Å². The fraction of sp³-hybridized carbons (Fsp3) is 0.688. The maximum Gasteiger partial charge on any atom is 0.241 e. The normalized spacial score (nSPS) is 22.9. The lowest BCUT2D eigenvalue weighted by Crippen LogP contribution is -2.49. The van der Waals surface area contributed by atoms with Gasteiger partial charge in [0.05, 0.1) is 6.54 Å². The van der Waals surface area contributed by atoms with Gasteiger partial charge in [0, 0.05) is 50.3 Å². The van der Waals surface area contributed by atoms with Gasteiger partial charge in [0.25, 0.3) is 0 Å². The van der Waals surface area contributed by atoms with Crippen LogP contribution in [0.5, 0.6) is 0 Å². The number of anilines is 2. The van der Waals surface area contributed by atoms with Crippen molar-refractivity contribution in [2.75, 3.05) is 55.3 Å². The van der Waals surface area contributed by atoms with Gasteiger partial charge in [-0.2, -0.15) is 11.8 Å². The molecule has 2 saturated heterocycles. The summed E-state index contributed by atoms with van der Waals surface area (Å²) in [5, 5.41) is 0.646. The lowest BCUT2D eigenvalue weighted by atomic mass is 10.1. The maximum atomic E-state index is 11.9. The Morgan fingerprint density at radius 2 is 1.91 bits per heavy atom. The summed E-state index contributed by atoms with van der Waals surface area (Å²) in [6.45, 7) is 8.58. The zero-order valence-corrected chi connectivity index (χ0v) is 14.9. The number of thioether (sulfide) groups is 1. The molecule has 126 valence electrons. The quantitative estimate of drug-likeness (QED) is 0.831. The average molecular weight is 335 g/mol. The lowest BCUT2D eigenvalue weighted by Gasteiger charge is -2.36. The molecule has 0 spiro atoms. The minimum Gasteiger partial charge on any atom is -0.355 e. The Morgan fingerprint density at radius 1 is 1.17 bits per heavy atom. The smallest absolute Gasteiger partial charge is 0.241 e. The Labute approximate surface area is 142 Å². The van der Waals surface area contributed by atoms with E-state index in [9.17, 15) is 4.79 Å². The summed E-state index contributed by atoms with van der Waals surface area (Å²) in [6.07, 6.45) is 1.62. The Bertz CT molecular complexity index is 567. The first-order chi connectivity index (χ1) is 11.0. The molecule has 23 heavy (non-hydrogen) atoms. The van der Waals surface area contributed by atoms with Gasteiger partial charge in [0.15, 0.2) is 0 Å². The van der Waals surface area contributed by atoms with Crippen molar-refractivity contribution in [1.29, 1.82) is 0 Å². The first kappa shape index (κ1) is 16.4. The number of amides is 1. The lowest BCUT2D eigenvalue weighted by molar-refractivity contribution is -0.129. The van der Waals surface area contributed by atoms with E-state index in [-0.39, 0.29) is 5.91 Å². The first-order valence-corrected chi connectivity index (χ1v) is 9.27. The molecule has 1 atom stereocenters. The molecule has 0 saturated carbocycles. The number of rotatable bonds is 3. The summed E-state index contributed by atoms with van der Waals surface area (Å²) in [5.41, 5.74) is 0. The van der Waals surface area contributed by atoms with Crippen molar-refractivity contribution in [1.82, 2.24) is 14.9 Å². The highest BCUT2D eigenvalue weighted by molar-refractivity contribution is 8.00. The third kappa shape index (κ3) is 3.71. The molecule has 3 rings (SSSR count). The molecule has 1 aromatic heterocycles. The van der Waals surface area contributed by atoms with Gasteiger partial charge in [0.2, 0.25) is 5.91 Å². The van der Waals surface area contributed by atoms with Crippen LogP contribution in [-0.4, -0.2) is 71.5 Å². The second-order valence-corrected chi connectivity index (χ2v) is 7.92. The minimum absolute atomic E-state index is 0.144. The molecule has 0 radical (unpaired) electrons. The molecule has 2 fully saturated rings. The monoisotopic (exact) mass is 335 g/mol.